The van der Waals surface area contributed by atoms with E-state index in [1.165, 1.54) is 6.26 Å². The first-order valence-electron chi connectivity index (χ1n) is 12.8. The fourth-order valence-corrected chi connectivity index (χ4v) is 5.62. The summed E-state index contributed by atoms with van der Waals surface area (Å²) in [6.45, 7) is 0.628. The van der Waals surface area contributed by atoms with Crippen molar-refractivity contribution in [3.63, 3.8) is 0 Å². The molecule has 0 aromatic heterocycles. The van der Waals surface area contributed by atoms with Crippen LogP contribution in [0.25, 0.3) is 0 Å². The van der Waals surface area contributed by atoms with Gasteiger partial charge in [-0.3, -0.25) is 4.90 Å². The van der Waals surface area contributed by atoms with Crippen molar-refractivity contribution >= 4 is 33.2 Å². The normalized spacial score (nSPS) is 16.9. The van der Waals surface area contributed by atoms with Gasteiger partial charge in [0.15, 0.2) is 0 Å². The average Bonchev–Trinajstić information content (AvgIpc) is 3.30. The standard InChI is InChI=1S/C31H29ClN2O5S/c1-40(36,37)19-18-31(24-8-5-9-29(20-24)38-21-23-6-3-2-4-7-23)22-33-30(35)34(31)26-12-16-28(17-13-26)39-27-14-10-25(32)11-15-27/h2-17,20H,18-19,21-22H2,1H3,(H,33,35). The number of nitrogens with one attached hydrogen (secondary N) is 1. The van der Waals surface area contributed by atoms with Gasteiger partial charge in [0, 0.05) is 23.5 Å². The zero-order valence-electron chi connectivity index (χ0n) is 21.9. The highest BCUT2D eigenvalue weighted by Gasteiger charge is 2.48. The van der Waals surface area contributed by atoms with Crippen molar-refractivity contribution in [3.8, 4) is 17.2 Å². The van der Waals surface area contributed by atoms with E-state index in [2.05, 4.69) is 5.32 Å². The molecule has 2 amide bonds. The zero-order chi connectivity index (χ0) is 28.2. The van der Waals surface area contributed by atoms with Gasteiger partial charge >= 0.3 is 6.03 Å². The Kier molecular flexibility index (Phi) is 8.00. The number of rotatable bonds is 10. The quantitative estimate of drug-likeness (QED) is 0.231. The summed E-state index contributed by atoms with van der Waals surface area (Å²) >= 11 is 5.96. The van der Waals surface area contributed by atoms with E-state index in [-0.39, 0.29) is 24.7 Å². The average molecular weight is 577 g/mol. The maximum absolute atomic E-state index is 13.3. The summed E-state index contributed by atoms with van der Waals surface area (Å²) in [6, 6.07) is 31.2. The molecule has 4 aromatic carbocycles. The molecule has 0 radical (unpaired) electrons. The Morgan fingerprint density at radius 1 is 0.875 bits per heavy atom. The summed E-state index contributed by atoms with van der Waals surface area (Å²) < 4.78 is 36.5. The van der Waals surface area contributed by atoms with Gasteiger partial charge in [0.2, 0.25) is 0 Å². The number of anilines is 1. The molecule has 9 heteroatoms. The highest BCUT2D eigenvalue weighted by Crippen LogP contribution is 2.41. The number of hydrogen-bond donors (Lipinski definition) is 1. The molecular weight excluding hydrogens is 548 g/mol. The van der Waals surface area contributed by atoms with Gasteiger partial charge in [-0.05, 0) is 78.2 Å². The Bertz CT molecular complexity index is 1580. The van der Waals surface area contributed by atoms with Crippen molar-refractivity contribution in [1.29, 1.82) is 0 Å². The molecule has 7 nitrogen and oxygen atoms in total. The van der Waals surface area contributed by atoms with Crippen molar-refractivity contribution in [3.05, 3.63) is 119 Å². The molecule has 1 heterocycles. The van der Waals surface area contributed by atoms with Crippen LogP contribution >= 0.6 is 11.6 Å². The minimum absolute atomic E-state index is 0.0919. The largest absolute Gasteiger partial charge is 0.489 e. The van der Waals surface area contributed by atoms with E-state index in [9.17, 15) is 13.2 Å². The number of benzene rings is 4. The molecule has 0 saturated carbocycles. The van der Waals surface area contributed by atoms with Gasteiger partial charge in [0.25, 0.3) is 0 Å². The lowest BCUT2D eigenvalue weighted by atomic mass is 9.86. The van der Waals surface area contributed by atoms with Crippen LogP contribution < -0.4 is 19.7 Å². The zero-order valence-corrected chi connectivity index (χ0v) is 23.5. The number of nitrogens with zero attached hydrogens (tertiary/aromatic N) is 1. The lowest BCUT2D eigenvalue weighted by Crippen LogP contribution is -2.46. The number of carbonyl (C=O) groups is 1. The molecular formula is C31H29ClN2O5S. The Labute approximate surface area is 239 Å². The second-order valence-electron chi connectivity index (χ2n) is 9.76. The van der Waals surface area contributed by atoms with Crippen molar-refractivity contribution in [2.75, 3.05) is 23.5 Å². The highest BCUT2D eigenvalue weighted by atomic mass is 35.5. The summed E-state index contributed by atoms with van der Waals surface area (Å²) in [6.07, 6.45) is 1.41. The lowest BCUT2D eigenvalue weighted by molar-refractivity contribution is 0.250. The first-order chi connectivity index (χ1) is 19.2. The van der Waals surface area contributed by atoms with Gasteiger partial charge in [-0.15, -0.1) is 0 Å². The van der Waals surface area contributed by atoms with E-state index in [0.29, 0.717) is 34.6 Å². The van der Waals surface area contributed by atoms with E-state index in [4.69, 9.17) is 21.1 Å². The molecule has 1 aliphatic heterocycles. The molecule has 1 fully saturated rings. The summed E-state index contributed by atoms with van der Waals surface area (Å²) in [5, 5.41) is 3.55. The van der Waals surface area contributed by atoms with Crippen LogP contribution in [0.5, 0.6) is 17.2 Å². The number of halogens is 1. The smallest absolute Gasteiger partial charge is 0.322 e. The topological polar surface area (TPSA) is 84.9 Å². The van der Waals surface area contributed by atoms with E-state index in [0.717, 1.165) is 11.1 Å². The van der Waals surface area contributed by atoms with Crippen molar-refractivity contribution in [2.45, 2.75) is 18.6 Å². The first kappa shape index (κ1) is 27.6. The second-order valence-corrected chi connectivity index (χ2v) is 12.5. The third-order valence-corrected chi connectivity index (χ3v) is 8.01. The minimum Gasteiger partial charge on any atom is -0.489 e. The SMILES string of the molecule is CS(=O)(=O)CCC1(c2cccc(OCc3ccccc3)c2)CNC(=O)N1c1ccc(Oc2ccc(Cl)cc2)cc1. The molecule has 1 N–H and O–H groups in total. The summed E-state index contributed by atoms with van der Waals surface area (Å²) in [4.78, 5) is 14.9. The number of ether oxygens (including phenoxy) is 2. The molecule has 1 saturated heterocycles. The molecule has 0 aliphatic carbocycles. The third kappa shape index (κ3) is 6.41. The summed E-state index contributed by atoms with van der Waals surface area (Å²) in [7, 11) is -3.31. The van der Waals surface area contributed by atoms with Crippen molar-refractivity contribution in [1.82, 2.24) is 5.32 Å². The number of urea groups is 1. The molecule has 0 spiro atoms. The van der Waals surface area contributed by atoms with E-state index in [1.54, 1.807) is 53.4 Å². The van der Waals surface area contributed by atoms with E-state index >= 15 is 0 Å². The van der Waals surface area contributed by atoms with Gasteiger partial charge < -0.3 is 14.8 Å². The monoisotopic (exact) mass is 576 g/mol. The van der Waals surface area contributed by atoms with Gasteiger partial charge in [-0.1, -0.05) is 54.1 Å². The second kappa shape index (κ2) is 11.6. The van der Waals surface area contributed by atoms with E-state index < -0.39 is 15.4 Å². The number of carbonyl (C=O) groups excluding carboxylic acids is 1. The third-order valence-electron chi connectivity index (χ3n) is 6.81. The Morgan fingerprint density at radius 3 is 2.23 bits per heavy atom. The Morgan fingerprint density at radius 2 is 1.55 bits per heavy atom. The van der Waals surface area contributed by atoms with Crippen molar-refractivity contribution < 1.29 is 22.7 Å². The molecule has 5 rings (SSSR count). The van der Waals surface area contributed by atoms with Gasteiger partial charge in [-0.2, -0.15) is 0 Å². The summed E-state index contributed by atoms with van der Waals surface area (Å²) in [5.41, 5.74) is 1.47. The molecule has 206 valence electrons. The Hall–Kier alpha value is -4.01. The lowest BCUT2D eigenvalue weighted by Gasteiger charge is -2.38. The minimum atomic E-state index is -3.31. The molecule has 1 atom stereocenters. The molecule has 4 aromatic rings. The Balaban J connectivity index is 1.46. The van der Waals surface area contributed by atoms with E-state index in [1.807, 2.05) is 54.6 Å². The van der Waals surface area contributed by atoms with Crippen LogP contribution in [0.2, 0.25) is 5.02 Å². The fraction of sp³-hybridized carbons (Fsp3) is 0.194. The predicted octanol–water partition coefficient (Wildman–Crippen LogP) is 6.57. The summed E-state index contributed by atoms with van der Waals surface area (Å²) in [5.74, 6) is 1.76. The van der Waals surface area contributed by atoms with Gasteiger partial charge in [0.05, 0.1) is 11.3 Å². The predicted molar refractivity (Wildman–Crippen MR) is 157 cm³/mol. The molecule has 0 bridgehead atoms. The highest BCUT2D eigenvalue weighted by molar-refractivity contribution is 7.90. The van der Waals surface area contributed by atoms with Crippen LogP contribution in [0.4, 0.5) is 10.5 Å². The van der Waals surface area contributed by atoms with Crippen LogP contribution in [0, 0.1) is 0 Å². The van der Waals surface area contributed by atoms with Crippen LogP contribution in [0.15, 0.2) is 103 Å². The van der Waals surface area contributed by atoms with Crippen LogP contribution in [-0.4, -0.2) is 33.0 Å². The fourth-order valence-electron chi connectivity index (χ4n) is 4.79. The first-order valence-corrected chi connectivity index (χ1v) is 15.2. The van der Waals surface area contributed by atoms with Gasteiger partial charge in [0.1, 0.15) is 33.7 Å². The molecule has 1 unspecified atom stereocenters. The van der Waals surface area contributed by atoms with Crippen LogP contribution in [0.1, 0.15) is 17.5 Å². The van der Waals surface area contributed by atoms with Crippen LogP contribution in [-0.2, 0) is 22.0 Å². The van der Waals surface area contributed by atoms with Crippen molar-refractivity contribution in [2.24, 2.45) is 0 Å². The number of amides is 2. The number of sulfone groups is 1. The number of hydrogen-bond acceptors (Lipinski definition) is 5. The molecule has 1 aliphatic rings. The maximum atomic E-state index is 13.3. The maximum Gasteiger partial charge on any atom is 0.322 e. The van der Waals surface area contributed by atoms with Gasteiger partial charge in [-0.25, -0.2) is 13.2 Å². The van der Waals surface area contributed by atoms with Crippen LogP contribution in [0.3, 0.4) is 0 Å². The molecule has 40 heavy (non-hydrogen) atoms.